The summed E-state index contributed by atoms with van der Waals surface area (Å²) in [5.41, 5.74) is 1.32. The van der Waals surface area contributed by atoms with E-state index in [0.29, 0.717) is 19.0 Å². The van der Waals surface area contributed by atoms with Crippen molar-refractivity contribution in [3.63, 3.8) is 0 Å². The summed E-state index contributed by atoms with van der Waals surface area (Å²) in [5.74, 6) is 1.28. The molecule has 4 rings (SSSR count). The minimum absolute atomic E-state index is 0.00354. The fourth-order valence-electron chi connectivity index (χ4n) is 3.80. The molecule has 1 amide bonds. The van der Waals surface area contributed by atoms with E-state index in [1.54, 1.807) is 12.1 Å². The van der Waals surface area contributed by atoms with Crippen molar-refractivity contribution in [3.8, 4) is 0 Å². The van der Waals surface area contributed by atoms with Crippen LogP contribution in [-0.2, 0) is 10.2 Å². The Morgan fingerprint density at radius 3 is 2.54 bits per heavy atom. The molecule has 2 aromatic rings. The molecular formula is C21H26FN5O. The van der Waals surface area contributed by atoms with Crippen LogP contribution in [0.25, 0.3) is 0 Å². The predicted octanol–water partition coefficient (Wildman–Crippen LogP) is 2.78. The van der Waals surface area contributed by atoms with Crippen LogP contribution in [0.1, 0.15) is 36.9 Å². The Balaban J connectivity index is 1.30. The van der Waals surface area contributed by atoms with Gasteiger partial charge in [-0.15, -0.1) is 0 Å². The van der Waals surface area contributed by atoms with E-state index in [0.717, 1.165) is 43.0 Å². The van der Waals surface area contributed by atoms with Gasteiger partial charge in [-0.1, -0.05) is 12.1 Å². The average molecular weight is 383 g/mol. The zero-order valence-electron chi connectivity index (χ0n) is 16.2. The van der Waals surface area contributed by atoms with Crippen LogP contribution >= 0.6 is 0 Å². The standard InChI is InChI=1S/C21H26FN5O/c1-15-14-18(27-12-2-3-13-27)26-20(25-15)24-11-10-23-19(28)21(8-9-21)16-4-6-17(22)7-5-16/h4-7,14H,2-3,8-13H2,1H3,(H,23,28)(H,24,25,26). The molecule has 1 saturated carbocycles. The maximum atomic E-state index is 13.1. The summed E-state index contributed by atoms with van der Waals surface area (Å²) in [6, 6.07) is 8.26. The van der Waals surface area contributed by atoms with Crippen molar-refractivity contribution >= 4 is 17.7 Å². The van der Waals surface area contributed by atoms with Gasteiger partial charge in [-0.05, 0) is 50.3 Å². The molecule has 28 heavy (non-hydrogen) atoms. The van der Waals surface area contributed by atoms with Crippen molar-refractivity contribution in [2.24, 2.45) is 0 Å². The summed E-state index contributed by atoms with van der Waals surface area (Å²) >= 11 is 0. The summed E-state index contributed by atoms with van der Waals surface area (Å²) < 4.78 is 13.1. The summed E-state index contributed by atoms with van der Waals surface area (Å²) in [4.78, 5) is 24.0. The van der Waals surface area contributed by atoms with E-state index in [4.69, 9.17) is 0 Å². The van der Waals surface area contributed by atoms with E-state index in [1.807, 2.05) is 13.0 Å². The number of halogens is 1. The number of hydrogen-bond donors (Lipinski definition) is 2. The second-order valence-corrected chi connectivity index (χ2v) is 7.66. The van der Waals surface area contributed by atoms with E-state index < -0.39 is 5.41 Å². The summed E-state index contributed by atoms with van der Waals surface area (Å²) in [5, 5.41) is 6.20. The minimum atomic E-state index is -0.490. The second kappa shape index (κ2) is 7.73. The molecule has 2 N–H and O–H groups in total. The van der Waals surface area contributed by atoms with Crippen LogP contribution < -0.4 is 15.5 Å². The largest absolute Gasteiger partial charge is 0.356 e. The minimum Gasteiger partial charge on any atom is -0.356 e. The van der Waals surface area contributed by atoms with Gasteiger partial charge < -0.3 is 15.5 Å². The number of nitrogens with one attached hydrogen (secondary N) is 2. The van der Waals surface area contributed by atoms with E-state index >= 15 is 0 Å². The lowest BCUT2D eigenvalue weighted by atomic mass is 9.95. The molecule has 2 fully saturated rings. The Labute approximate surface area is 164 Å². The number of carbonyl (C=O) groups is 1. The van der Waals surface area contributed by atoms with Gasteiger partial charge in [0.1, 0.15) is 11.6 Å². The molecule has 0 bridgehead atoms. The lowest BCUT2D eigenvalue weighted by molar-refractivity contribution is -0.123. The second-order valence-electron chi connectivity index (χ2n) is 7.66. The van der Waals surface area contributed by atoms with E-state index in [1.165, 1.54) is 25.0 Å². The Kier molecular flexibility index (Phi) is 5.15. The fraction of sp³-hybridized carbons (Fsp3) is 0.476. The number of aryl methyl sites for hydroxylation is 1. The monoisotopic (exact) mass is 383 g/mol. The van der Waals surface area contributed by atoms with Gasteiger partial charge in [0.25, 0.3) is 0 Å². The SMILES string of the molecule is Cc1cc(N2CCCC2)nc(NCCNC(=O)C2(c3ccc(F)cc3)CC2)n1. The lowest BCUT2D eigenvalue weighted by Crippen LogP contribution is -2.37. The topological polar surface area (TPSA) is 70.2 Å². The summed E-state index contributed by atoms with van der Waals surface area (Å²) in [6.45, 7) is 5.08. The Hall–Kier alpha value is -2.70. The lowest BCUT2D eigenvalue weighted by Gasteiger charge is -2.18. The van der Waals surface area contributed by atoms with Crippen LogP contribution in [0.3, 0.4) is 0 Å². The molecule has 0 atom stereocenters. The highest BCUT2D eigenvalue weighted by Gasteiger charge is 2.50. The Bertz CT molecular complexity index is 844. The highest BCUT2D eigenvalue weighted by Crippen LogP contribution is 2.48. The first-order valence-corrected chi connectivity index (χ1v) is 9.96. The first kappa shape index (κ1) is 18.7. The first-order valence-electron chi connectivity index (χ1n) is 9.96. The third kappa shape index (κ3) is 3.93. The highest BCUT2D eigenvalue weighted by atomic mass is 19.1. The van der Waals surface area contributed by atoms with Gasteiger partial charge in [-0.3, -0.25) is 4.79 Å². The summed E-state index contributed by atoms with van der Waals surface area (Å²) in [6.07, 6.45) is 4.01. The number of nitrogens with zero attached hydrogens (tertiary/aromatic N) is 3. The molecule has 1 aromatic carbocycles. The van der Waals surface area contributed by atoms with Crippen molar-refractivity contribution < 1.29 is 9.18 Å². The Morgan fingerprint density at radius 2 is 1.86 bits per heavy atom. The zero-order chi connectivity index (χ0) is 19.6. The number of amides is 1. The summed E-state index contributed by atoms with van der Waals surface area (Å²) in [7, 11) is 0. The number of aromatic nitrogens is 2. The van der Waals surface area contributed by atoms with Crippen molar-refractivity contribution in [2.45, 2.75) is 38.0 Å². The molecule has 0 spiro atoms. The molecule has 1 aliphatic heterocycles. The normalized spacial score (nSPS) is 17.4. The van der Waals surface area contributed by atoms with Crippen LogP contribution in [0.5, 0.6) is 0 Å². The van der Waals surface area contributed by atoms with Gasteiger partial charge in [-0.2, -0.15) is 4.98 Å². The molecule has 1 saturated heterocycles. The van der Waals surface area contributed by atoms with Crippen LogP contribution in [0.2, 0.25) is 0 Å². The maximum Gasteiger partial charge on any atom is 0.230 e. The number of rotatable bonds is 7. The van der Waals surface area contributed by atoms with Gasteiger partial charge in [0.15, 0.2) is 0 Å². The molecule has 148 valence electrons. The highest BCUT2D eigenvalue weighted by molar-refractivity contribution is 5.91. The number of benzene rings is 1. The third-order valence-corrected chi connectivity index (χ3v) is 5.55. The van der Waals surface area contributed by atoms with E-state index in [-0.39, 0.29) is 11.7 Å². The first-order chi connectivity index (χ1) is 13.6. The van der Waals surface area contributed by atoms with Gasteiger partial charge in [0.05, 0.1) is 5.41 Å². The number of carbonyl (C=O) groups excluding carboxylic acids is 1. The number of anilines is 2. The quantitative estimate of drug-likeness (QED) is 0.720. The smallest absolute Gasteiger partial charge is 0.230 e. The zero-order valence-corrected chi connectivity index (χ0v) is 16.2. The van der Waals surface area contributed by atoms with Crippen molar-refractivity contribution in [3.05, 3.63) is 47.4 Å². The molecule has 0 unspecified atom stereocenters. The van der Waals surface area contributed by atoms with E-state index in [9.17, 15) is 9.18 Å². The van der Waals surface area contributed by atoms with Crippen molar-refractivity contribution in [2.75, 3.05) is 36.4 Å². The maximum absolute atomic E-state index is 13.1. The van der Waals surface area contributed by atoms with Crippen molar-refractivity contribution in [1.82, 2.24) is 15.3 Å². The van der Waals surface area contributed by atoms with E-state index in [2.05, 4.69) is 25.5 Å². The van der Waals surface area contributed by atoms with Crippen LogP contribution in [0.15, 0.2) is 30.3 Å². The number of hydrogen-bond acceptors (Lipinski definition) is 5. The molecule has 1 aliphatic carbocycles. The van der Waals surface area contributed by atoms with Gasteiger partial charge in [0, 0.05) is 37.9 Å². The fourth-order valence-corrected chi connectivity index (χ4v) is 3.80. The van der Waals surface area contributed by atoms with Crippen LogP contribution in [0.4, 0.5) is 16.2 Å². The molecule has 6 nitrogen and oxygen atoms in total. The molecule has 2 aliphatic rings. The third-order valence-electron chi connectivity index (χ3n) is 5.55. The van der Waals surface area contributed by atoms with Gasteiger partial charge in [0.2, 0.25) is 11.9 Å². The molecular weight excluding hydrogens is 357 g/mol. The van der Waals surface area contributed by atoms with Gasteiger partial charge in [-0.25, -0.2) is 9.37 Å². The van der Waals surface area contributed by atoms with Gasteiger partial charge >= 0.3 is 0 Å². The molecule has 7 heteroatoms. The molecule has 2 heterocycles. The van der Waals surface area contributed by atoms with Crippen LogP contribution in [-0.4, -0.2) is 42.1 Å². The molecule has 1 aromatic heterocycles. The average Bonchev–Trinajstić information content (AvgIpc) is 3.31. The van der Waals surface area contributed by atoms with Crippen LogP contribution in [0, 0.1) is 12.7 Å². The predicted molar refractivity (Wildman–Crippen MR) is 107 cm³/mol. The van der Waals surface area contributed by atoms with Crippen molar-refractivity contribution in [1.29, 1.82) is 0 Å². The molecule has 0 radical (unpaired) electrons. The Morgan fingerprint density at radius 1 is 1.14 bits per heavy atom.